The van der Waals surface area contributed by atoms with E-state index in [9.17, 15) is 5.26 Å². The SMILES string of the molecule is CC(C)NC1(C#N)CCC(Sc2ccncc2)C1. The van der Waals surface area contributed by atoms with Crippen LogP contribution in [0.15, 0.2) is 29.4 Å². The zero-order valence-electron chi connectivity index (χ0n) is 10.9. The molecular formula is C14H19N3S. The van der Waals surface area contributed by atoms with E-state index >= 15 is 0 Å². The van der Waals surface area contributed by atoms with Crippen LogP contribution in [0.3, 0.4) is 0 Å². The van der Waals surface area contributed by atoms with Gasteiger partial charge >= 0.3 is 0 Å². The minimum absolute atomic E-state index is 0.321. The van der Waals surface area contributed by atoms with E-state index in [1.807, 2.05) is 36.3 Å². The summed E-state index contributed by atoms with van der Waals surface area (Å²) in [4.78, 5) is 5.27. The fourth-order valence-electron chi connectivity index (χ4n) is 2.53. The van der Waals surface area contributed by atoms with E-state index in [0.29, 0.717) is 11.3 Å². The third-order valence-electron chi connectivity index (χ3n) is 3.20. The Hall–Kier alpha value is -1.05. The average Bonchev–Trinajstić information content (AvgIpc) is 2.73. The molecule has 1 saturated carbocycles. The Morgan fingerprint density at radius 2 is 2.22 bits per heavy atom. The molecule has 1 aromatic heterocycles. The van der Waals surface area contributed by atoms with Crippen LogP contribution in [0.2, 0.25) is 0 Å². The quantitative estimate of drug-likeness (QED) is 0.905. The maximum Gasteiger partial charge on any atom is 0.108 e. The molecule has 1 N–H and O–H groups in total. The van der Waals surface area contributed by atoms with Crippen LogP contribution in [0.1, 0.15) is 33.1 Å². The van der Waals surface area contributed by atoms with Crippen molar-refractivity contribution in [3.63, 3.8) is 0 Å². The van der Waals surface area contributed by atoms with Gasteiger partial charge in [-0.3, -0.25) is 10.3 Å². The molecule has 1 heterocycles. The van der Waals surface area contributed by atoms with Gasteiger partial charge in [0.1, 0.15) is 5.54 Å². The lowest BCUT2D eigenvalue weighted by molar-refractivity contribution is 0.386. The van der Waals surface area contributed by atoms with Crippen molar-refractivity contribution in [2.75, 3.05) is 0 Å². The molecule has 1 aliphatic carbocycles. The standard InChI is InChI=1S/C14H19N3S/c1-11(2)17-14(10-15)6-3-13(9-14)18-12-4-7-16-8-5-12/h4-5,7-8,11,13,17H,3,6,9H2,1-2H3. The smallest absolute Gasteiger partial charge is 0.108 e. The molecule has 0 aliphatic heterocycles. The fourth-order valence-corrected chi connectivity index (χ4v) is 3.79. The third-order valence-corrected chi connectivity index (χ3v) is 4.48. The van der Waals surface area contributed by atoms with Gasteiger partial charge in [-0.25, -0.2) is 0 Å². The highest BCUT2D eigenvalue weighted by Crippen LogP contribution is 2.40. The molecule has 2 unspecified atom stereocenters. The van der Waals surface area contributed by atoms with Crippen molar-refractivity contribution in [3.8, 4) is 6.07 Å². The van der Waals surface area contributed by atoms with Crippen molar-refractivity contribution < 1.29 is 0 Å². The maximum atomic E-state index is 9.42. The Morgan fingerprint density at radius 1 is 1.50 bits per heavy atom. The van der Waals surface area contributed by atoms with Crippen LogP contribution in [0.4, 0.5) is 0 Å². The highest BCUT2D eigenvalue weighted by Gasteiger charge is 2.39. The molecule has 0 saturated heterocycles. The van der Waals surface area contributed by atoms with Crippen LogP contribution < -0.4 is 5.32 Å². The van der Waals surface area contributed by atoms with Crippen LogP contribution in [-0.2, 0) is 0 Å². The summed E-state index contributed by atoms with van der Waals surface area (Å²) in [6.07, 6.45) is 6.61. The minimum atomic E-state index is -0.321. The summed E-state index contributed by atoms with van der Waals surface area (Å²) in [7, 11) is 0. The second-order valence-electron chi connectivity index (χ2n) is 5.16. The average molecular weight is 261 g/mol. The van der Waals surface area contributed by atoms with E-state index in [4.69, 9.17) is 0 Å². The zero-order valence-corrected chi connectivity index (χ0v) is 11.7. The lowest BCUT2D eigenvalue weighted by Gasteiger charge is -2.25. The molecule has 2 atom stereocenters. The Labute approximate surface area is 113 Å². The van der Waals surface area contributed by atoms with Crippen LogP contribution in [0.25, 0.3) is 0 Å². The third kappa shape index (κ3) is 3.24. The van der Waals surface area contributed by atoms with Gasteiger partial charge < -0.3 is 0 Å². The highest BCUT2D eigenvalue weighted by molar-refractivity contribution is 8.00. The summed E-state index contributed by atoms with van der Waals surface area (Å²) < 4.78 is 0. The van der Waals surface area contributed by atoms with Gasteiger partial charge in [0.2, 0.25) is 0 Å². The molecule has 3 nitrogen and oxygen atoms in total. The number of hydrogen-bond acceptors (Lipinski definition) is 4. The number of hydrogen-bond donors (Lipinski definition) is 1. The zero-order chi connectivity index (χ0) is 13.0. The summed E-state index contributed by atoms with van der Waals surface area (Å²) in [6, 6.07) is 6.91. The van der Waals surface area contributed by atoms with Gasteiger partial charge in [0.25, 0.3) is 0 Å². The number of rotatable bonds is 4. The van der Waals surface area contributed by atoms with E-state index in [0.717, 1.165) is 19.3 Å². The Morgan fingerprint density at radius 3 is 2.83 bits per heavy atom. The number of aromatic nitrogens is 1. The van der Waals surface area contributed by atoms with Crippen molar-refractivity contribution in [2.45, 2.75) is 54.8 Å². The van der Waals surface area contributed by atoms with Gasteiger partial charge in [-0.2, -0.15) is 5.26 Å². The normalized spacial score (nSPS) is 27.3. The van der Waals surface area contributed by atoms with Gasteiger partial charge in [-0.15, -0.1) is 11.8 Å². The van der Waals surface area contributed by atoms with E-state index < -0.39 is 0 Å². The van der Waals surface area contributed by atoms with Crippen molar-refractivity contribution in [1.29, 1.82) is 5.26 Å². The topological polar surface area (TPSA) is 48.7 Å². The monoisotopic (exact) mass is 261 g/mol. The molecule has 0 radical (unpaired) electrons. The minimum Gasteiger partial charge on any atom is -0.297 e. The number of thioether (sulfide) groups is 1. The number of nitrogens with one attached hydrogen (secondary N) is 1. The molecule has 0 amide bonds. The van der Waals surface area contributed by atoms with Gasteiger partial charge in [0.05, 0.1) is 6.07 Å². The van der Waals surface area contributed by atoms with Crippen LogP contribution in [0, 0.1) is 11.3 Å². The number of pyridine rings is 1. The lowest BCUT2D eigenvalue weighted by Crippen LogP contribution is -2.45. The summed E-state index contributed by atoms with van der Waals surface area (Å²) in [6.45, 7) is 4.20. The molecule has 4 heteroatoms. The Balaban J connectivity index is 1.97. The Bertz CT molecular complexity index is 426. The van der Waals surface area contributed by atoms with Gasteiger partial charge in [0, 0.05) is 28.6 Å². The molecule has 0 bridgehead atoms. The molecule has 1 aromatic rings. The van der Waals surface area contributed by atoms with Gasteiger partial charge in [-0.05, 0) is 45.2 Å². The second kappa shape index (κ2) is 5.73. The van der Waals surface area contributed by atoms with Crippen molar-refractivity contribution >= 4 is 11.8 Å². The fraction of sp³-hybridized carbons (Fsp3) is 0.571. The molecule has 2 rings (SSSR count). The Kier molecular flexibility index (Phi) is 4.26. The molecule has 0 spiro atoms. The van der Waals surface area contributed by atoms with E-state index in [1.54, 1.807) is 0 Å². The van der Waals surface area contributed by atoms with Gasteiger partial charge in [0.15, 0.2) is 0 Å². The summed E-state index contributed by atoms with van der Waals surface area (Å²) in [5.41, 5.74) is -0.321. The van der Waals surface area contributed by atoms with E-state index in [1.165, 1.54) is 4.90 Å². The largest absolute Gasteiger partial charge is 0.297 e. The summed E-state index contributed by atoms with van der Waals surface area (Å²) in [5, 5.41) is 13.4. The molecule has 0 aromatic carbocycles. The number of nitriles is 1. The lowest BCUT2D eigenvalue weighted by atomic mass is 9.99. The molecular weight excluding hydrogens is 242 g/mol. The molecule has 96 valence electrons. The van der Waals surface area contributed by atoms with Crippen molar-refractivity contribution in [2.24, 2.45) is 0 Å². The summed E-state index contributed by atoms with van der Waals surface area (Å²) >= 11 is 1.86. The van der Waals surface area contributed by atoms with Crippen molar-refractivity contribution in [1.82, 2.24) is 10.3 Å². The first-order valence-electron chi connectivity index (χ1n) is 6.39. The van der Waals surface area contributed by atoms with Crippen LogP contribution in [0.5, 0.6) is 0 Å². The van der Waals surface area contributed by atoms with E-state index in [-0.39, 0.29) is 5.54 Å². The maximum absolute atomic E-state index is 9.42. The first kappa shape index (κ1) is 13.4. The van der Waals surface area contributed by atoms with E-state index in [2.05, 4.69) is 30.2 Å². The molecule has 18 heavy (non-hydrogen) atoms. The highest BCUT2D eigenvalue weighted by atomic mass is 32.2. The second-order valence-corrected chi connectivity index (χ2v) is 6.53. The van der Waals surface area contributed by atoms with Gasteiger partial charge in [-0.1, -0.05) is 0 Å². The molecule has 1 fully saturated rings. The predicted molar refractivity (Wildman–Crippen MR) is 74.3 cm³/mol. The van der Waals surface area contributed by atoms with Crippen LogP contribution in [-0.4, -0.2) is 21.8 Å². The van der Waals surface area contributed by atoms with Crippen LogP contribution >= 0.6 is 11.8 Å². The number of nitrogens with zero attached hydrogens (tertiary/aromatic N) is 2. The first-order valence-corrected chi connectivity index (χ1v) is 7.27. The summed E-state index contributed by atoms with van der Waals surface area (Å²) in [5.74, 6) is 0. The van der Waals surface area contributed by atoms with Crippen molar-refractivity contribution in [3.05, 3.63) is 24.5 Å². The molecule has 1 aliphatic rings. The first-order chi connectivity index (χ1) is 8.63. The predicted octanol–water partition coefficient (Wildman–Crippen LogP) is 2.99.